The molecule has 0 heterocycles. The number of rotatable bonds is 13. The fourth-order valence-corrected chi connectivity index (χ4v) is 3.62. The second-order valence-electron chi connectivity index (χ2n) is 6.20. The van der Waals surface area contributed by atoms with E-state index in [9.17, 15) is 4.57 Å². The highest BCUT2D eigenvalue weighted by atomic mass is 31.2. The van der Waals surface area contributed by atoms with E-state index in [0.29, 0.717) is 11.5 Å². The molecule has 0 spiro atoms. The van der Waals surface area contributed by atoms with Gasteiger partial charge in [0, 0.05) is 0 Å². The van der Waals surface area contributed by atoms with Gasteiger partial charge in [0.1, 0.15) is 24.7 Å². The van der Waals surface area contributed by atoms with Crippen LogP contribution in [0.3, 0.4) is 0 Å². The molecule has 0 saturated carbocycles. The second-order valence-corrected chi connectivity index (χ2v) is 7.86. The van der Waals surface area contributed by atoms with Gasteiger partial charge in [-0.2, -0.15) is 0 Å². The molecule has 0 bridgehead atoms. The van der Waals surface area contributed by atoms with Crippen LogP contribution < -0.4 is 9.47 Å². The lowest BCUT2D eigenvalue weighted by molar-refractivity contribution is 0.0854. The minimum Gasteiger partial charge on any atom is -0.491 e. The van der Waals surface area contributed by atoms with Crippen molar-refractivity contribution in [2.45, 2.75) is 6.61 Å². The fraction of sp³-hybridized carbons (Fsp3) is 0.217. The number of hydrogen-bond acceptors (Lipinski definition) is 6. The standard InChI is InChI=1S/C23H25O6P/c24-30(29-20-21-10-4-1-5-11-21,27-18-16-25-22-12-6-2-7-13-22)28-19-17-26-23-14-8-3-9-15-23/h1-15H,16-20H2. The highest BCUT2D eigenvalue weighted by molar-refractivity contribution is 7.48. The Labute approximate surface area is 176 Å². The topological polar surface area (TPSA) is 63.2 Å². The molecule has 0 amide bonds. The molecule has 3 rings (SSSR count). The van der Waals surface area contributed by atoms with Gasteiger partial charge in [0.25, 0.3) is 0 Å². The number of phosphoric ester groups is 1. The number of ether oxygens (including phenoxy) is 2. The maximum atomic E-state index is 13.0. The summed E-state index contributed by atoms with van der Waals surface area (Å²) in [5.74, 6) is 1.41. The Balaban J connectivity index is 1.48. The molecule has 0 unspecified atom stereocenters. The van der Waals surface area contributed by atoms with Gasteiger partial charge in [-0.05, 0) is 29.8 Å². The van der Waals surface area contributed by atoms with E-state index >= 15 is 0 Å². The van der Waals surface area contributed by atoms with Crippen LogP contribution >= 0.6 is 7.82 Å². The number of para-hydroxylation sites is 2. The molecular weight excluding hydrogens is 403 g/mol. The number of hydrogen-bond donors (Lipinski definition) is 0. The predicted octanol–water partition coefficient (Wildman–Crippen LogP) is 5.50. The van der Waals surface area contributed by atoms with Gasteiger partial charge in [0.2, 0.25) is 0 Å². The van der Waals surface area contributed by atoms with Gasteiger partial charge in [-0.15, -0.1) is 0 Å². The lowest BCUT2D eigenvalue weighted by Crippen LogP contribution is -2.11. The highest BCUT2D eigenvalue weighted by Gasteiger charge is 2.27. The zero-order valence-corrected chi connectivity index (χ0v) is 17.5. The molecule has 3 aromatic rings. The first-order valence-electron chi connectivity index (χ1n) is 9.67. The summed E-state index contributed by atoms with van der Waals surface area (Å²) >= 11 is 0. The van der Waals surface area contributed by atoms with Crippen molar-refractivity contribution in [1.82, 2.24) is 0 Å². The molecule has 0 fully saturated rings. The molecule has 30 heavy (non-hydrogen) atoms. The highest BCUT2D eigenvalue weighted by Crippen LogP contribution is 2.50. The number of phosphoric acid groups is 1. The quantitative estimate of drug-likeness (QED) is 0.265. The maximum absolute atomic E-state index is 13.0. The molecule has 0 atom stereocenters. The Morgan fingerprint density at radius 3 is 1.43 bits per heavy atom. The summed E-state index contributed by atoms with van der Waals surface area (Å²) in [5.41, 5.74) is 0.867. The molecule has 0 aromatic heterocycles. The van der Waals surface area contributed by atoms with Gasteiger partial charge in [-0.3, -0.25) is 13.6 Å². The minimum absolute atomic E-state index is 0.0561. The molecule has 158 valence electrons. The third-order valence-corrected chi connectivity index (χ3v) is 5.36. The molecule has 0 radical (unpaired) electrons. The van der Waals surface area contributed by atoms with E-state index in [0.717, 1.165) is 5.56 Å². The lowest BCUT2D eigenvalue weighted by atomic mass is 10.2. The Morgan fingerprint density at radius 1 is 0.533 bits per heavy atom. The average Bonchev–Trinajstić information content (AvgIpc) is 2.81. The van der Waals surface area contributed by atoms with Crippen molar-refractivity contribution in [1.29, 1.82) is 0 Å². The predicted molar refractivity (Wildman–Crippen MR) is 115 cm³/mol. The third kappa shape index (κ3) is 8.01. The maximum Gasteiger partial charge on any atom is 0.475 e. The Morgan fingerprint density at radius 2 is 0.967 bits per heavy atom. The van der Waals surface area contributed by atoms with Gasteiger partial charge in [0.05, 0.1) is 19.8 Å². The van der Waals surface area contributed by atoms with Gasteiger partial charge in [0.15, 0.2) is 0 Å². The van der Waals surface area contributed by atoms with Crippen LogP contribution in [0.15, 0.2) is 91.0 Å². The first kappa shape index (κ1) is 22.1. The first-order chi connectivity index (χ1) is 14.7. The number of benzene rings is 3. The van der Waals surface area contributed by atoms with Crippen molar-refractivity contribution in [3.63, 3.8) is 0 Å². The summed E-state index contributed by atoms with van der Waals surface area (Å²) in [7, 11) is -3.79. The van der Waals surface area contributed by atoms with E-state index in [1.807, 2.05) is 91.0 Å². The van der Waals surface area contributed by atoms with Crippen LogP contribution in [-0.2, 0) is 24.7 Å². The first-order valence-corrected chi connectivity index (χ1v) is 11.1. The summed E-state index contributed by atoms with van der Waals surface area (Å²) in [6, 6.07) is 28.1. The van der Waals surface area contributed by atoms with E-state index < -0.39 is 7.82 Å². The van der Waals surface area contributed by atoms with Gasteiger partial charge >= 0.3 is 7.82 Å². The summed E-state index contributed by atoms with van der Waals surface area (Å²) in [4.78, 5) is 0. The lowest BCUT2D eigenvalue weighted by Gasteiger charge is -2.18. The monoisotopic (exact) mass is 428 g/mol. The van der Waals surface area contributed by atoms with Crippen molar-refractivity contribution < 1.29 is 27.6 Å². The van der Waals surface area contributed by atoms with Crippen molar-refractivity contribution in [2.75, 3.05) is 26.4 Å². The summed E-state index contributed by atoms with van der Waals surface area (Å²) in [5, 5.41) is 0. The van der Waals surface area contributed by atoms with Gasteiger partial charge < -0.3 is 9.47 Å². The zero-order chi connectivity index (χ0) is 20.9. The van der Waals surface area contributed by atoms with Crippen molar-refractivity contribution >= 4 is 7.82 Å². The molecule has 3 aromatic carbocycles. The average molecular weight is 428 g/mol. The summed E-state index contributed by atoms with van der Waals surface area (Å²) < 4.78 is 40.6. The molecule has 0 N–H and O–H groups in total. The second kappa shape index (κ2) is 12.2. The van der Waals surface area contributed by atoms with Crippen LogP contribution in [0.1, 0.15) is 5.56 Å². The normalized spacial score (nSPS) is 11.2. The SMILES string of the molecule is O=P(OCCOc1ccccc1)(OCCOc1ccccc1)OCc1ccccc1. The van der Waals surface area contributed by atoms with E-state index in [-0.39, 0.29) is 33.0 Å². The van der Waals surface area contributed by atoms with Crippen molar-refractivity contribution in [3.8, 4) is 11.5 Å². The smallest absolute Gasteiger partial charge is 0.475 e. The van der Waals surface area contributed by atoms with E-state index in [2.05, 4.69) is 0 Å². The largest absolute Gasteiger partial charge is 0.491 e. The molecule has 7 heteroatoms. The fourth-order valence-electron chi connectivity index (χ4n) is 2.49. The van der Waals surface area contributed by atoms with Crippen molar-refractivity contribution in [3.05, 3.63) is 96.6 Å². The van der Waals surface area contributed by atoms with Crippen LogP contribution in [0.25, 0.3) is 0 Å². The molecule has 0 aliphatic rings. The molecular formula is C23H25O6P. The third-order valence-electron chi connectivity index (χ3n) is 3.92. The summed E-state index contributed by atoms with van der Waals surface area (Å²) in [6.07, 6.45) is 0. The summed E-state index contributed by atoms with van der Waals surface area (Å²) in [6.45, 7) is 0.650. The van der Waals surface area contributed by atoms with Crippen molar-refractivity contribution in [2.24, 2.45) is 0 Å². The van der Waals surface area contributed by atoms with E-state index in [1.165, 1.54) is 0 Å². The Kier molecular flexibility index (Phi) is 8.94. The van der Waals surface area contributed by atoms with E-state index in [1.54, 1.807) is 0 Å². The minimum atomic E-state index is -3.79. The van der Waals surface area contributed by atoms with Gasteiger partial charge in [-0.1, -0.05) is 66.7 Å². The van der Waals surface area contributed by atoms with Crippen LogP contribution in [0, 0.1) is 0 Å². The van der Waals surface area contributed by atoms with Crippen LogP contribution in [0.4, 0.5) is 0 Å². The Hall–Kier alpha value is -2.63. The Bertz CT molecular complexity index is 838. The van der Waals surface area contributed by atoms with Crippen LogP contribution in [-0.4, -0.2) is 26.4 Å². The van der Waals surface area contributed by atoms with Crippen LogP contribution in [0.5, 0.6) is 11.5 Å². The van der Waals surface area contributed by atoms with Crippen LogP contribution in [0.2, 0.25) is 0 Å². The van der Waals surface area contributed by atoms with E-state index in [4.69, 9.17) is 23.0 Å². The van der Waals surface area contributed by atoms with Gasteiger partial charge in [-0.25, -0.2) is 4.57 Å². The molecule has 0 aliphatic heterocycles. The molecule has 0 saturated heterocycles. The zero-order valence-electron chi connectivity index (χ0n) is 16.6. The molecule has 0 aliphatic carbocycles. The molecule has 6 nitrogen and oxygen atoms in total.